The topological polar surface area (TPSA) is 68.0 Å². The van der Waals surface area contributed by atoms with Crippen molar-refractivity contribution in [1.29, 1.82) is 0 Å². The molecule has 1 N–H and O–H groups in total. The Hall–Kier alpha value is -3.51. The molecule has 0 aliphatic carbocycles. The van der Waals surface area contributed by atoms with E-state index in [2.05, 4.69) is 26.6 Å². The van der Waals surface area contributed by atoms with Crippen molar-refractivity contribution >= 4 is 34.0 Å². The van der Waals surface area contributed by atoms with Crippen molar-refractivity contribution in [3.8, 4) is 11.4 Å². The van der Waals surface area contributed by atoms with Gasteiger partial charge in [0.2, 0.25) is 0 Å². The molecule has 3 aromatic heterocycles. The number of halogens is 1. The standard InChI is InChI=1S/C23H19ClN6/c1-15-22-28-29-23(18-7-2-3-8-19(18)24)30(22)21-14-17(9-10-20(21)27-15)26-13-11-16-6-4-5-12-25-16/h2-10,12,14,26H,11,13H2,1H3. The van der Waals surface area contributed by atoms with Crippen LogP contribution in [0, 0.1) is 6.92 Å². The summed E-state index contributed by atoms with van der Waals surface area (Å²) in [6.45, 7) is 2.73. The van der Waals surface area contributed by atoms with Crippen molar-refractivity contribution in [2.75, 3.05) is 11.9 Å². The van der Waals surface area contributed by atoms with E-state index in [-0.39, 0.29) is 0 Å². The highest BCUT2D eigenvalue weighted by molar-refractivity contribution is 6.33. The van der Waals surface area contributed by atoms with Crippen molar-refractivity contribution in [2.24, 2.45) is 0 Å². The first-order chi connectivity index (χ1) is 14.7. The van der Waals surface area contributed by atoms with E-state index in [1.165, 1.54) is 0 Å². The second-order valence-corrected chi connectivity index (χ2v) is 7.47. The summed E-state index contributed by atoms with van der Waals surface area (Å²) in [5, 5.41) is 12.9. The number of pyridine rings is 1. The lowest BCUT2D eigenvalue weighted by Gasteiger charge is -2.11. The maximum atomic E-state index is 6.45. The molecule has 0 radical (unpaired) electrons. The Labute approximate surface area is 178 Å². The average Bonchev–Trinajstić information content (AvgIpc) is 3.21. The number of aryl methyl sites for hydroxylation is 1. The number of rotatable bonds is 5. The molecular weight excluding hydrogens is 396 g/mol. The van der Waals surface area contributed by atoms with E-state index in [1.54, 1.807) is 0 Å². The molecule has 0 amide bonds. The zero-order valence-electron chi connectivity index (χ0n) is 16.4. The molecule has 0 saturated heterocycles. The van der Waals surface area contributed by atoms with Gasteiger partial charge in [0.1, 0.15) is 0 Å². The molecule has 30 heavy (non-hydrogen) atoms. The van der Waals surface area contributed by atoms with Crippen LogP contribution in [0.2, 0.25) is 5.02 Å². The zero-order chi connectivity index (χ0) is 20.5. The Kier molecular flexibility index (Phi) is 4.77. The van der Waals surface area contributed by atoms with Crippen LogP contribution in [-0.2, 0) is 6.42 Å². The Balaban J connectivity index is 1.56. The Morgan fingerprint density at radius 3 is 2.70 bits per heavy atom. The fourth-order valence-corrected chi connectivity index (χ4v) is 3.80. The SMILES string of the molecule is Cc1nc2ccc(NCCc3ccccn3)cc2n2c(-c3ccccc3Cl)nnc12. The third kappa shape index (κ3) is 3.35. The van der Waals surface area contributed by atoms with Gasteiger partial charge < -0.3 is 5.32 Å². The summed E-state index contributed by atoms with van der Waals surface area (Å²) in [6.07, 6.45) is 2.66. The third-order valence-electron chi connectivity index (χ3n) is 5.04. The fraction of sp³-hybridized carbons (Fsp3) is 0.130. The molecular formula is C23H19ClN6. The summed E-state index contributed by atoms with van der Waals surface area (Å²) in [6, 6.07) is 19.8. The predicted molar refractivity (Wildman–Crippen MR) is 120 cm³/mol. The van der Waals surface area contributed by atoms with Crippen molar-refractivity contribution in [3.63, 3.8) is 0 Å². The predicted octanol–water partition coefficient (Wildman–Crippen LogP) is 4.96. The summed E-state index contributed by atoms with van der Waals surface area (Å²) in [7, 11) is 0. The summed E-state index contributed by atoms with van der Waals surface area (Å²) in [4.78, 5) is 9.08. The first-order valence-electron chi connectivity index (χ1n) is 9.75. The molecule has 3 heterocycles. The van der Waals surface area contributed by atoms with E-state index in [4.69, 9.17) is 16.6 Å². The first-order valence-corrected chi connectivity index (χ1v) is 10.1. The molecule has 5 rings (SSSR count). The van der Waals surface area contributed by atoms with Crippen molar-refractivity contribution in [1.82, 2.24) is 24.6 Å². The number of fused-ring (bicyclic) bond motifs is 3. The maximum Gasteiger partial charge on any atom is 0.183 e. The van der Waals surface area contributed by atoms with Gasteiger partial charge in [-0.1, -0.05) is 29.8 Å². The van der Waals surface area contributed by atoms with Crippen LogP contribution in [0.15, 0.2) is 66.9 Å². The van der Waals surface area contributed by atoms with Crippen LogP contribution >= 0.6 is 11.6 Å². The number of nitrogens with one attached hydrogen (secondary N) is 1. The summed E-state index contributed by atoms with van der Waals surface area (Å²) in [5.41, 5.74) is 6.26. The summed E-state index contributed by atoms with van der Waals surface area (Å²) < 4.78 is 2.03. The Bertz CT molecular complexity index is 1350. The van der Waals surface area contributed by atoms with E-state index >= 15 is 0 Å². The number of aromatic nitrogens is 5. The van der Waals surface area contributed by atoms with Gasteiger partial charge >= 0.3 is 0 Å². The molecule has 0 spiro atoms. The smallest absolute Gasteiger partial charge is 0.183 e. The van der Waals surface area contributed by atoms with Crippen LogP contribution in [0.5, 0.6) is 0 Å². The highest BCUT2D eigenvalue weighted by Crippen LogP contribution is 2.30. The van der Waals surface area contributed by atoms with Crippen LogP contribution in [0.25, 0.3) is 28.1 Å². The lowest BCUT2D eigenvalue weighted by molar-refractivity contribution is 0.961. The molecule has 2 aromatic carbocycles. The minimum Gasteiger partial charge on any atom is -0.385 e. The molecule has 0 atom stereocenters. The number of anilines is 1. The largest absolute Gasteiger partial charge is 0.385 e. The van der Waals surface area contributed by atoms with E-state index in [1.807, 2.05) is 72.1 Å². The molecule has 6 nitrogen and oxygen atoms in total. The number of benzene rings is 2. The van der Waals surface area contributed by atoms with Gasteiger partial charge in [-0.25, -0.2) is 4.98 Å². The highest BCUT2D eigenvalue weighted by atomic mass is 35.5. The van der Waals surface area contributed by atoms with E-state index in [9.17, 15) is 0 Å². The minimum atomic E-state index is 0.638. The molecule has 0 aliphatic rings. The van der Waals surface area contributed by atoms with Gasteiger partial charge in [0, 0.05) is 36.1 Å². The third-order valence-corrected chi connectivity index (χ3v) is 5.37. The molecule has 5 aromatic rings. The lowest BCUT2D eigenvalue weighted by atomic mass is 10.2. The quantitative estimate of drug-likeness (QED) is 0.440. The molecule has 0 aliphatic heterocycles. The van der Waals surface area contributed by atoms with Crippen LogP contribution in [0.3, 0.4) is 0 Å². The Morgan fingerprint density at radius 1 is 1.00 bits per heavy atom. The molecule has 0 bridgehead atoms. The second kappa shape index (κ2) is 7.72. The average molecular weight is 415 g/mol. The molecule has 7 heteroatoms. The number of nitrogens with zero attached hydrogens (tertiary/aromatic N) is 5. The maximum absolute atomic E-state index is 6.45. The van der Waals surface area contributed by atoms with Gasteiger partial charge in [0.25, 0.3) is 0 Å². The normalized spacial score (nSPS) is 11.3. The summed E-state index contributed by atoms with van der Waals surface area (Å²) in [5.74, 6) is 0.705. The Morgan fingerprint density at radius 2 is 1.87 bits per heavy atom. The van der Waals surface area contributed by atoms with Crippen LogP contribution in [0.4, 0.5) is 5.69 Å². The fourth-order valence-electron chi connectivity index (χ4n) is 3.58. The van der Waals surface area contributed by atoms with Gasteiger partial charge in [0.15, 0.2) is 11.5 Å². The molecule has 0 saturated carbocycles. The van der Waals surface area contributed by atoms with Crippen molar-refractivity contribution < 1.29 is 0 Å². The van der Waals surface area contributed by atoms with E-state index < -0.39 is 0 Å². The lowest BCUT2D eigenvalue weighted by Crippen LogP contribution is -2.06. The van der Waals surface area contributed by atoms with Crippen molar-refractivity contribution in [3.05, 3.63) is 83.3 Å². The van der Waals surface area contributed by atoms with Crippen LogP contribution < -0.4 is 5.32 Å². The van der Waals surface area contributed by atoms with Gasteiger partial charge in [-0.2, -0.15) is 0 Å². The second-order valence-electron chi connectivity index (χ2n) is 7.06. The van der Waals surface area contributed by atoms with Gasteiger partial charge in [-0.3, -0.25) is 9.38 Å². The van der Waals surface area contributed by atoms with E-state index in [0.717, 1.165) is 52.3 Å². The molecule has 0 unspecified atom stereocenters. The van der Waals surface area contributed by atoms with E-state index in [0.29, 0.717) is 10.8 Å². The van der Waals surface area contributed by atoms with Crippen LogP contribution in [-0.4, -0.2) is 31.1 Å². The van der Waals surface area contributed by atoms with Gasteiger partial charge in [0.05, 0.1) is 21.7 Å². The summed E-state index contributed by atoms with van der Waals surface area (Å²) >= 11 is 6.45. The monoisotopic (exact) mass is 414 g/mol. The number of hydrogen-bond donors (Lipinski definition) is 1. The van der Waals surface area contributed by atoms with Crippen molar-refractivity contribution in [2.45, 2.75) is 13.3 Å². The van der Waals surface area contributed by atoms with Gasteiger partial charge in [-0.05, 0) is 49.4 Å². The molecule has 0 fully saturated rings. The van der Waals surface area contributed by atoms with Crippen LogP contribution in [0.1, 0.15) is 11.4 Å². The first kappa shape index (κ1) is 18.5. The highest BCUT2D eigenvalue weighted by Gasteiger charge is 2.16. The minimum absolute atomic E-state index is 0.638. The molecule has 148 valence electrons. The van der Waals surface area contributed by atoms with Gasteiger partial charge in [-0.15, -0.1) is 10.2 Å². The number of hydrogen-bond acceptors (Lipinski definition) is 5. The zero-order valence-corrected chi connectivity index (χ0v) is 17.1.